The molecule has 0 fully saturated rings. The number of anilines is 1. The van der Waals surface area contributed by atoms with Crippen LogP contribution in [-0.2, 0) is 4.74 Å². The number of amides is 1. The fourth-order valence-corrected chi connectivity index (χ4v) is 2.23. The van der Waals surface area contributed by atoms with E-state index in [4.69, 9.17) is 4.74 Å². The summed E-state index contributed by atoms with van der Waals surface area (Å²) < 4.78 is 5.01. The Labute approximate surface area is 124 Å². The number of carbonyl (C=O) groups is 1. The minimum Gasteiger partial charge on any atom is -0.388 e. The maximum atomic E-state index is 12.4. The molecular formula is C16H21N3O2. The standard InChI is InChI=1S/C16H21N3O2/c1-17-14-11-15(16(20)19(2)9-6-10-21-3)18-13-8-5-4-7-12(13)14/h4-5,7-8,11H,6,9-10H2,1-3H3,(H,17,18). The van der Waals surface area contributed by atoms with E-state index in [2.05, 4.69) is 10.3 Å². The predicted molar refractivity (Wildman–Crippen MR) is 84.7 cm³/mol. The van der Waals surface area contributed by atoms with Gasteiger partial charge in [-0.1, -0.05) is 18.2 Å². The van der Waals surface area contributed by atoms with Gasteiger partial charge in [0.05, 0.1) is 5.52 Å². The third-order valence-corrected chi connectivity index (χ3v) is 3.39. The zero-order valence-corrected chi connectivity index (χ0v) is 12.7. The maximum Gasteiger partial charge on any atom is 0.272 e. The van der Waals surface area contributed by atoms with Gasteiger partial charge in [-0.05, 0) is 18.6 Å². The molecule has 0 aliphatic heterocycles. The monoisotopic (exact) mass is 287 g/mol. The lowest BCUT2D eigenvalue weighted by Gasteiger charge is -2.17. The van der Waals surface area contributed by atoms with E-state index in [0.29, 0.717) is 18.8 Å². The number of ether oxygens (including phenoxy) is 1. The molecule has 0 bridgehead atoms. The molecule has 2 rings (SSSR count). The molecule has 0 radical (unpaired) electrons. The summed E-state index contributed by atoms with van der Waals surface area (Å²) in [6.45, 7) is 1.29. The highest BCUT2D eigenvalue weighted by atomic mass is 16.5. The van der Waals surface area contributed by atoms with Crippen LogP contribution in [0.4, 0.5) is 5.69 Å². The Morgan fingerprint density at radius 2 is 2.14 bits per heavy atom. The number of aromatic nitrogens is 1. The van der Waals surface area contributed by atoms with Gasteiger partial charge in [0.15, 0.2) is 0 Å². The Morgan fingerprint density at radius 1 is 1.38 bits per heavy atom. The zero-order valence-electron chi connectivity index (χ0n) is 12.7. The summed E-state index contributed by atoms with van der Waals surface area (Å²) in [7, 11) is 5.29. The second kappa shape index (κ2) is 7.04. The van der Waals surface area contributed by atoms with E-state index in [0.717, 1.165) is 23.0 Å². The fourth-order valence-electron chi connectivity index (χ4n) is 2.23. The number of carbonyl (C=O) groups excluding carboxylic acids is 1. The summed E-state index contributed by atoms with van der Waals surface area (Å²) in [5.41, 5.74) is 2.19. The molecule has 0 atom stereocenters. The lowest BCUT2D eigenvalue weighted by atomic mass is 10.1. The first-order valence-corrected chi connectivity index (χ1v) is 6.99. The summed E-state index contributed by atoms with van der Waals surface area (Å²) in [6.07, 6.45) is 0.811. The molecule has 5 heteroatoms. The lowest BCUT2D eigenvalue weighted by Crippen LogP contribution is -2.29. The second-order valence-electron chi connectivity index (χ2n) is 4.90. The minimum atomic E-state index is -0.0756. The Kier molecular flexibility index (Phi) is 5.11. The molecule has 1 heterocycles. The van der Waals surface area contributed by atoms with Gasteiger partial charge in [-0.25, -0.2) is 4.98 Å². The molecular weight excluding hydrogens is 266 g/mol. The van der Waals surface area contributed by atoms with E-state index < -0.39 is 0 Å². The maximum absolute atomic E-state index is 12.4. The van der Waals surface area contributed by atoms with E-state index in [9.17, 15) is 4.79 Å². The van der Waals surface area contributed by atoms with Crippen LogP contribution in [-0.4, -0.2) is 50.1 Å². The van der Waals surface area contributed by atoms with Crippen LogP contribution in [0.1, 0.15) is 16.9 Å². The molecule has 1 aromatic carbocycles. The Bertz CT molecular complexity index is 628. The third kappa shape index (κ3) is 3.49. The van der Waals surface area contributed by atoms with Crippen molar-refractivity contribution < 1.29 is 9.53 Å². The molecule has 0 unspecified atom stereocenters. The first-order valence-electron chi connectivity index (χ1n) is 6.99. The summed E-state index contributed by atoms with van der Waals surface area (Å²) in [5, 5.41) is 4.14. The molecule has 112 valence electrons. The smallest absolute Gasteiger partial charge is 0.272 e. The van der Waals surface area contributed by atoms with Crippen LogP contribution in [0.25, 0.3) is 10.9 Å². The molecule has 1 aromatic heterocycles. The van der Waals surface area contributed by atoms with Crippen molar-refractivity contribution >= 4 is 22.5 Å². The van der Waals surface area contributed by atoms with Crippen LogP contribution in [0.5, 0.6) is 0 Å². The van der Waals surface area contributed by atoms with Crippen LogP contribution >= 0.6 is 0 Å². The SMILES string of the molecule is CNc1cc(C(=O)N(C)CCCOC)nc2ccccc12. The number of hydrogen-bond donors (Lipinski definition) is 1. The molecule has 21 heavy (non-hydrogen) atoms. The van der Waals surface area contributed by atoms with Crippen molar-refractivity contribution in [3.8, 4) is 0 Å². The number of hydrogen-bond acceptors (Lipinski definition) is 4. The molecule has 0 aliphatic carbocycles. The first-order chi connectivity index (χ1) is 10.2. The predicted octanol–water partition coefficient (Wildman–Crippen LogP) is 2.38. The number of benzene rings is 1. The van der Waals surface area contributed by atoms with Crippen molar-refractivity contribution in [2.24, 2.45) is 0 Å². The Hall–Kier alpha value is -2.14. The van der Waals surface area contributed by atoms with Gasteiger partial charge in [0.25, 0.3) is 5.91 Å². The van der Waals surface area contributed by atoms with Gasteiger partial charge in [-0.3, -0.25) is 4.79 Å². The summed E-state index contributed by atoms with van der Waals surface area (Å²) in [6, 6.07) is 9.59. The molecule has 0 spiro atoms. The van der Waals surface area contributed by atoms with Gasteiger partial charge in [0.1, 0.15) is 5.69 Å². The van der Waals surface area contributed by atoms with E-state index >= 15 is 0 Å². The number of fused-ring (bicyclic) bond motifs is 1. The van der Waals surface area contributed by atoms with Crippen LogP contribution in [0, 0.1) is 0 Å². The van der Waals surface area contributed by atoms with Gasteiger partial charge < -0.3 is 15.0 Å². The molecule has 1 amide bonds. The highest BCUT2D eigenvalue weighted by Gasteiger charge is 2.15. The molecule has 0 saturated heterocycles. The summed E-state index contributed by atoms with van der Waals surface area (Å²) >= 11 is 0. The molecule has 5 nitrogen and oxygen atoms in total. The number of methoxy groups -OCH3 is 1. The highest BCUT2D eigenvalue weighted by molar-refractivity contribution is 5.99. The number of pyridine rings is 1. The number of nitrogens with one attached hydrogen (secondary N) is 1. The topological polar surface area (TPSA) is 54.5 Å². The van der Waals surface area contributed by atoms with E-state index in [1.807, 2.05) is 31.3 Å². The van der Waals surface area contributed by atoms with Crippen molar-refractivity contribution in [2.45, 2.75) is 6.42 Å². The van der Waals surface area contributed by atoms with Gasteiger partial charge >= 0.3 is 0 Å². The Balaban J connectivity index is 2.27. The van der Waals surface area contributed by atoms with Gasteiger partial charge in [0, 0.05) is 45.4 Å². The number of para-hydroxylation sites is 1. The molecule has 0 saturated carbocycles. The average Bonchev–Trinajstić information content (AvgIpc) is 2.53. The zero-order chi connectivity index (χ0) is 15.2. The van der Waals surface area contributed by atoms with E-state index in [1.165, 1.54) is 0 Å². The van der Waals surface area contributed by atoms with Crippen LogP contribution in [0.2, 0.25) is 0 Å². The molecule has 0 aliphatic rings. The molecule has 2 aromatic rings. The molecule has 1 N–H and O–H groups in total. The quantitative estimate of drug-likeness (QED) is 0.829. The van der Waals surface area contributed by atoms with Crippen molar-refractivity contribution in [3.05, 3.63) is 36.0 Å². The lowest BCUT2D eigenvalue weighted by molar-refractivity contribution is 0.0774. The summed E-state index contributed by atoms with van der Waals surface area (Å²) in [4.78, 5) is 18.6. The Morgan fingerprint density at radius 3 is 2.86 bits per heavy atom. The number of rotatable bonds is 6. The van der Waals surface area contributed by atoms with Crippen molar-refractivity contribution in [1.29, 1.82) is 0 Å². The highest BCUT2D eigenvalue weighted by Crippen LogP contribution is 2.23. The van der Waals surface area contributed by atoms with Crippen LogP contribution in [0.15, 0.2) is 30.3 Å². The van der Waals surface area contributed by atoms with E-state index in [1.54, 1.807) is 25.1 Å². The summed E-state index contributed by atoms with van der Waals surface area (Å²) in [5.74, 6) is -0.0756. The van der Waals surface area contributed by atoms with Gasteiger partial charge in [-0.15, -0.1) is 0 Å². The van der Waals surface area contributed by atoms with Crippen molar-refractivity contribution in [1.82, 2.24) is 9.88 Å². The first kappa shape index (κ1) is 15.3. The second-order valence-corrected chi connectivity index (χ2v) is 4.90. The largest absolute Gasteiger partial charge is 0.388 e. The van der Waals surface area contributed by atoms with Crippen LogP contribution in [0.3, 0.4) is 0 Å². The van der Waals surface area contributed by atoms with Crippen molar-refractivity contribution in [2.75, 3.05) is 39.7 Å². The van der Waals surface area contributed by atoms with E-state index in [-0.39, 0.29) is 5.91 Å². The minimum absolute atomic E-state index is 0.0756. The van der Waals surface area contributed by atoms with Crippen LogP contribution < -0.4 is 5.32 Å². The fraction of sp³-hybridized carbons (Fsp3) is 0.375. The van der Waals surface area contributed by atoms with Crippen molar-refractivity contribution in [3.63, 3.8) is 0 Å². The van der Waals surface area contributed by atoms with Gasteiger partial charge in [-0.2, -0.15) is 0 Å². The number of nitrogens with zero attached hydrogens (tertiary/aromatic N) is 2. The van der Waals surface area contributed by atoms with Gasteiger partial charge in [0.2, 0.25) is 0 Å². The normalized spacial score (nSPS) is 10.6. The third-order valence-electron chi connectivity index (χ3n) is 3.39. The average molecular weight is 287 g/mol.